The average Bonchev–Trinajstić information content (AvgIpc) is 2.63. The molecule has 0 bridgehead atoms. The van der Waals surface area contributed by atoms with Crippen molar-refractivity contribution in [3.8, 4) is 0 Å². The molecule has 1 aliphatic rings. The second-order valence-electron chi connectivity index (χ2n) is 6.72. The van der Waals surface area contributed by atoms with E-state index in [0.29, 0.717) is 5.56 Å². The normalized spacial score (nSPS) is 21.6. The SMILES string of the molecule is C[C@@H](O)[C@H]1C(=O)C[C@@H]1[C@@H](C)/C(O)=C(\[N+]#N)C(=O)OCc1ccc([N+](=O)[O-])cc1. The van der Waals surface area contributed by atoms with Gasteiger partial charge in [0.05, 0.1) is 11.0 Å². The predicted octanol–water partition coefficient (Wildman–Crippen LogP) is 2.48. The molecule has 1 aromatic carbocycles. The van der Waals surface area contributed by atoms with E-state index in [0.717, 1.165) is 0 Å². The van der Waals surface area contributed by atoms with Crippen molar-refractivity contribution in [2.45, 2.75) is 33.0 Å². The molecule has 1 fully saturated rings. The van der Waals surface area contributed by atoms with E-state index in [9.17, 15) is 29.9 Å². The lowest BCUT2D eigenvalue weighted by Gasteiger charge is -2.39. The maximum absolute atomic E-state index is 12.2. The zero-order valence-electron chi connectivity index (χ0n) is 15.3. The second-order valence-corrected chi connectivity index (χ2v) is 6.72. The van der Waals surface area contributed by atoms with Gasteiger partial charge < -0.3 is 14.9 Å². The van der Waals surface area contributed by atoms with Gasteiger partial charge in [0.25, 0.3) is 5.69 Å². The molecule has 10 heteroatoms. The number of non-ortho nitro benzene ring substituents is 1. The number of esters is 1. The molecule has 1 aliphatic carbocycles. The van der Waals surface area contributed by atoms with Gasteiger partial charge in [-0.1, -0.05) is 6.92 Å². The Morgan fingerprint density at radius 2 is 2.00 bits per heavy atom. The van der Waals surface area contributed by atoms with E-state index in [1.165, 1.54) is 31.2 Å². The summed E-state index contributed by atoms with van der Waals surface area (Å²) in [6.45, 7) is 2.77. The maximum Gasteiger partial charge on any atom is 0.505 e. The van der Waals surface area contributed by atoms with Crippen LogP contribution in [0.1, 0.15) is 25.8 Å². The largest absolute Gasteiger partial charge is 0.505 e. The number of carbonyl (C=O) groups excluding carboxylic acids is 2. The third-order valence-corrected chi connectivity index (χ3v) is 4.92. The Balaban J connectivity index is 2.07. The van der Waals surface area contributed by atoms with Crippen molar-refractivity contribution in [2.24, 2.45) is 17.8 Å². The predicted molar refractivity (Wildman–Crippen MR) is 95.1 cm³/mol. The number of allylic oxidation sites excluding steroid dienone is 1. The minimum absolute atomic E-state index is 0.116. The van der Waals surface area contributed by atoms with E-state index < -0.39 is 46.2 Å². The molecule has 10 nitrogen and oxygen atoms in total. The molecule has 2 rings (SSSR count). The molecule has 0 spiro atoms. The molecule has 2 N–H and O–H groups in total. The summed E-state index contributed by atoms with van der Waals surface area (Å²) >= 11 is 0. The van der Waals surface area contributed by atoms with Crippen LogP contribution in [0.4, 0.5) is 5.69 Å². The number of carbonyl (C=O) groups is 2. The fourth-order valence-electron chi connectivity index (χ4n) is 3.23. The van der Waals surface area contributed by atoms with Crippen LogP contribution in [0.15, 0.2) is 35.7 Å². The molecule has 0 radical (unpaired) electrons. The van der Waals surface area contributed by atoms with Crippen LogP contribution in [0, 0.1) is 33.3 Å². The van der Waals surface area contributed by atoms with Gasteiger partial charge in [-0.15, -0.1) is 0 Å². The summed E-state index contributed by atoms with van der Waals surface area (Å²) in [6, 6.07) is 5.31. The molecule has 148 valence electrons. The number of aliphatic hydroxyl groups excluding tert-OH is 2. The Bertz CT molecular complexity index is 855. The van der Waals surface area contributed by atoms with E-state index in [-0.39, 0.29) is 24.5 Å². The zero-order chi connectivity index (χ0) is 21.0. The van der Waals surface area contributed by atoms with Crippen LogP contribution in [-0.4, -0.2) is 33.0 Å². The molecule has 0 amide bonds. The molecular formula is C18H20N3O7+. The highest BCUT2D eigenvalue weighted by Gasteiger charge is 2.48. The summed E-state index contributed by atoms with van der Waals surface area (Å²) in [5.41, 5.74) is -0.351. The van der Waals surface area contributed by atoms with Gasteiger partial charge in [0.1, 0.15) is 12.4 Å². The number of hydrogen-bond acceptors (Lipinski definition) is 8. The van der Waals surface area contributed by atoms with Gasteiger partial charge in [0.2, 0.25) is 5.39 Å². The molecule has 28 heavy (non-hydrogen) atoms. The Morgan fingerprint density at radius 1 is 1.39 bits per heavy atom. The van der Waals surface area contributed by atoms with Gasteiger partial charge in [0, 0.05) is 30.4 Å². The number of diazo groups is 1. The number of nitro groups is 1. The summed E-state index contributed by atoms with van der Waals surface area (Å²) in [6.07, 6.45) is -0.762. The number of ketones is 1. The quantitative estimate of drug-likeness (QED) is 0.180. The van der Waals surface area contributed by atoms with Crippen molar-refractivity contribution in [3.05, 3.63) is 56.4 Å². The molecular weight excluding hydrogens is 370 g/mol. The first kappa shape index (κ1) is 21.0. The highest BCUT2D eigenvalue weighted by atomic mass is 16.6. The second kappa shape index (κ2) is 8.58. The zero-order valence-corrected chi connectivity index (χ0v) is 15.3. The summed E-state index contributed by atoms with van der Waals surface area (Å²) < 4.78 is 4.98. The van der Waals surface area contributed by atoms with E-state index in [1.807, 2.05) is 0 Å². The maximum atomic E-state index is 12.2. The molecule has 0 saturated heterocycles. The van der Waals surface area contributed by atoms with E-state index >= 15 is 0 Å². The lowest BCUT2D eigenvalue weighted by molar-refractivity contribution is -0.384. The molecule has 1 saturated carbocycles. The number of ether oxygens (including phenoxy) is 1. The van der Waals surface area contributed by atoms with Crippen LogP contribution in [-0.2, 0) is 20.9 Å². The number of Topliss-reactive ketones (excluding diaryl/α,β-unsaturated/α-hetero) is 1. The number of aliphatic hydroxyl groups is 2. The average molecular weight is 390 g/mol. The highest BCUT2D eigenvalue weighted by Crippen LogP contribution is 2.41. The third kappa shape index (κ3) is 4.32. The van der Waals surface area contributed by atoms with Gasteiger partial charge in [-0.2, -0.15) is 0 Å². The van der Waals surface area contributed by atoms with Crippen LogP contribution in [0.3, 0.4) is 0 Å². The van der Waals surface area contributed by atoms with Crippen LogP contribution >= 0.6 is 0 Å². The van der Waals surface area contributed by atoms with Gasteiger partial charge in [-0.3, -0.25) is 14.9 Å². The Kier molecular flexibility index (Phi) is 6.43. The van der Waals surface area contributed by atoms with Crippen molar-refractivity contribution >= 4 is 17.4 Å². The van der Waals surface area contributed by atoms with Gasteiger partial charge in [0.15, 0.2) is 10.7 Å². The van der Waals surface area contributed by atoms with Crippen molar-refractivity contribution in [2.75, 3.05) is 0 Å². The van der Waals surface area contributed by atoms with Crippen LogP contribution in [0.2, 0.25) is 0 Å². The number of nitro benzene ring substituents is 1. The summed E-state index contributed by atoms with van der Waals surface area (Å²) in [5.74, 6) is -3.54. The lowest BCUT2D eigenvalue weighted by atomic mass is 9.64. The standard InChI is InChI=1S/C18H19N3O7/c1-9(13-7-14(23)15(13)10(2)22)17(24)16(20-19)18(25)28-8-11-3-5-12(6-4-11)21(26)27/h3-6,9-10,13,15,22H,7-8H2,1-2H3/p+1/t9-,10-,13-,15-/m1/s1. The van der Waals surface area contributed by atoms with Gasteiger partial charge >= 0.3 is 11.7 Å². The summed E-state index contributed by atoms with van der Waals surface area (Å²) in [7, 11) is 0. The van der Waals surface area contributed by atoms with E-state index in [1.54, 1.807) is 6.92 Å². The fourth-order valence-corrected chi connectivity index (χ4v) is 3.23. The lowest BCUT2D eigenvalue weighted by Crippen LogP contribution is -2.47. The number of nitrogens with zero attached hydrogens (tertiary/aromatic N) is 3. The molecule has 4 atom stereocenters. The first-order valence-electron chi connectivity index (χ1n) is 8.56. The topological polar surface area (TPSA) is 155 Å². The smallest absolute Gasteiger partial charge is 0.505 e. The molecule has 0 unspecified atom stereocenters. The Labute approximate surface area is 160 Å². The van der Waals surface area contributed by atoms with Crippen LogP contribution in [0.25, 0.3) is 4.98 Å². The minimum atomic E-state index is -1.09. The summed E-state index contributed by atoms with van der Waals surface area (Å²) in [5, 5.41) is 39.8. The molecule has 0 aromatic heterocycles. The Morgan fingerprint density at radius 3 is 2.46 bits per heavy atom. The van der Waals surface area contributed by atoms with Crippen molar-refractivity contribution in [1.29, 1.82) is 5.39 Å². The summed E-state index contributed by atoms with van der Waals surface area (Å²) in [4.78, 5) is 36.7. The van der Waals surface area contributed by atoms with Crippen LogP contribution < -0.4 is 0 Å². The highest BCUT2D eigenvalue weighted by molar-refractivity contribution is 5.91. The number of hydrogen-bond donors (Lipinski definition) is 2. The third-order valence-electron chi connectivity index (χ3n) is 4.92. The van der Waals surface area contributed by atoms with Gasteiger partial charge in [-0.25, -0.2) is 4.79 Å². The monoisotopic (exact) mass is 390 g/mol. The first-order valence-corrected chi connectivity index (χ1v) is 8.56. The molecule has 1 aromatic rings. The van der Waals surface area contributed by atoms with Crippen LogP contribution in [0.5, 0.6) is 0 Å². The van der Waals surface area contributed by atoms with Gasteiger partial charge in [-0.05, 0) is 30.5 Å². The number of benzene rings is 1. The van der Waals surface area contributed by atoms with Crippen molar-refractivity contribution in [3.63, 3.8) is 0 Å². The Hall–Kier alpha value is -3.32. The van der Waals surface area contributed by atoms with E-state index in [4.69, 9.17) is 10.1 Å². The number of rotatable bonds is 7. The fraction of sp³-hybridized carbons (Fsp3) is 0.444. The molecule has 0 heterocycles. The van der Waals surface area contributed by atoms with Crippen molar-refractivity contribution in [1.82, 2.24) is 0 Å². The van der Waals surface area contributed by atoms with Crippen molar-refractivity contribution < 1.29 is 29.5 Å². The van der Waals surface area contributed by atoms with E-state index in [2.05, 4.69) is 4.98 Å². The minimum Gasteiger partial charge on any atom is -0.505 e. The molecule has 0 aliphatic heterocycles. The first-order chi connectivity index (χ1) is 13.2.